The van der Waals surface area contributed by atoms with E-state index in [0.29, 0.717) is 6.61 Å². The minimum atomic E-state index is 0.463. The first-order valence-corrected chi connectivity index (χ1v) is 7.52. The van der Waals surface area contributed by atoms with E-state index in [1.54, 1.807) is 0 Å². The Morgan fingerprint density at radius 1 is 1.19 bits per heavy atom. The third-order valence-corrected chi connectivity index (χ3v) is 3.47. The summed E-state index contributed by atoms with van der Waals surface area (Å²) in [4.78, 5) is 4.43. The van der Waals surface area contributed by atoms with Crippen molar-refractivity contribution in [3.05, 3.63) is 57.9 Å². The number of halogens is 1. The molecule has 2 rings (SSSR count). The Morgan fingerprint density at radius 3 is 2.48 bits per heavy atom. The van der Waals surface area contributed by atoms with Crippen LogP contribution in [-0.2, 0) is 13.2 Å². The summed E-state index contributed by atoms with van der Waals surface area (Å²) in [5, 5.41) is 4.02. The Bertz CT molecular complexity index is 573. The van der Waals surface area contributed by atoms with Gasteiger partial charge in [-0.3, -0.25) is 4.98 Å². The Hall–Kier alpha value is -1.58. The molecule has 3 nitrogen and oxygen atoms in total. The molecule has 0 aliphatic heterocycles. The molecule has 0 unspecified atom stereocenters. The van der Waals surface area contributed by atoms with Gasteiger partial charge in [-0.2, -0.15) is 0 Å². The van der Waals surface area contributed by atoms with E-state index in [0.717, 1.165) is 40.7 Å². The summed E-state index contributed by atoms with van der Waals surface area (Å²) in [6, 6.07) is 7.91. The molecule has 0 amide bonds. The van der Waals surface area contributed by atoms with Crippen LogP contribution >= 0.6 is 11.6 Å². The fourth-order valence-electron chi connectivity index (χ4n) is 2.19. The number of nitrogens with one attached hydrogen (secondary N) is 1. The first kappa shape index (κ1) is 15.8. The Labute approximate surface area is 131 Å². The minimum Gasteiger partial charge on any atom is -0.487 e. The molecule has 0 radical (unpaired) electrons. The van der Waals surface area contributed by atoms with E-state index < -0.39 is 0 Å². The summed E-state index contributed by atoms with van der Waals surface area (Å²) in [5.74, 6) is 0.887. The second-order valence-corrected chi connectivity index (χ2v) is 5.53. The van der Waals surface area contributed by atoms with Crippen LogP contribution in [-0.4, -0.2) is 11.5 Å². The molecular formula is C17H21ClN2O. The van der Waals surface area contributed by atoms with Crippen molar-refractivity contribution < 1.29 is 4.74 Å². The van der Waals surface area contributed by atoms with Crippen LogP contribution in [0.15, 0.2) is 30.5 Å². The van der Waals surface area contributed by atoms with Gasteiger partial charge in [0.05, 0.1) is 5.69 Å². The van der Waals surface area contributed by atoms with Crippen LogP contribution in [0.4, 0.5) is 0 Å². The number of aromatic nitrogens is 1. The lowest BCUT2D eigenvalue weighted by atomic mass is 10.1. The zero-order valence-corrected chi connectivity index (χ0v) is 13.5. The van der Waals surface area contributed by atoms with Crippen molar-refractivity contribution in [3.63, 3.8) is 0 Å². The van der Waals surface area contributed by atoms with Gasteiger partial charge >= 0.3 is 0 Å². The third kappa shape index (κ3) is 4.45. The van der Waals surface area contributed by atoms with Gasteiger partial charge in [0.2, 0.25) is 0 Å². The Morgan fingerprint density at radius 2 is 1.90 bits per heavy atom. The summed E-state index contributed by atoms with van der Waals surface area (Å²) < 4.78 is 5.89. The smallest absolute Gasteiger partial charge is 0.130 e. The molecular weight excluding hydrogens is 284 g/mol. The molecule has 0 bridgehead atoms. The lowest BCUT2D eigenvalue weighted by Gasteiger charge is -2.12. The summed E-state index contributed by atoms with van der Waals surface area (Å²) in [5.41, 5.74) is 4.19. The Kier molecular flexibility index (Phi) is 5.59. The molecule has 0 atom stereocenters. The number of benzene rings is 1. The monoisotopic (exact) mass is 304 g/mol. The first-order chi connectivity index (χ1) is 10.1. The third-order valence-electron chi connectivity index (χ3n) is 3.25. The average Bonchev–Trinajstić information content (AvgIpc) is 2.45. The molecule has 0 saturated carbocycles. The molecule has 0 saturated heterocycles. The van der Waals surface area contributed by atoms with Gasteiger partial charge < -0.3 is 10.1 Å². The van der Waals surface area contributed by atoms with Crippen LogP contribution in [0.2, 0.25) is 5.02 Å². The van der Waals surface area contributed by atoms with Crippen molar-refractivity contribution in [2.75, 3.05) is 6.54 Å². The SMILES string of the molecule is CCNCc1ccc(COc2c(C)cc(Cl)cc2C)nc1. The van der Waals surface area contributed by atoms with Crippen molar-refractivity contribution in [1.82, 2.24) is 10.3 Å². The second-order valence-electron chi connectivity index (χ2n) is 5.10. The van der Waals surface area contributed by atoms with Crippen LogP contribution in [0.5, 0.6) is 5.75 Å². The number of rotatable bonds is 6. The van der Waals surface area contributed by atoms with Gasteiger partial charge in [-0.1, -0.05) is 24.6 Å². The molecule has 21 heavy (non-hydrogen) atoms. The zero-order valence-electron chi connectivity index (χ0n) is 12.7. The summed E-state index contributed by atoms with van der Waals surface area (Å²) >= 11 is 6.02. The molecule has 0 aliphatic rings. The van der Waals surface area contributed by atoms with Gasteiger partial charge in [0.1, 0.15) is 12.4 Å². The quantitative estimate of drug-likeness (QED) is 0.874. The van der Waals surface area contributed by atoms with E-state index in [1.807, 2.05) is 38.2 Å². The van der Waals surface area contributed by atoms with Gasteiger partial charge in [0.15, 0.2) is 0 Å². The maximum absolute atomic E-state index is 6.02. The molecule has 0 spiro atoms. The van der Waals surface area contributed by atoms with Crippen LogP contribution in [0, 0.1) is 13.8 Å². The number of aryl methyl sites for hydroxylation is 2. The molecule has 0 fully saturated rings. The average molecular weight is 305 g/mol. The number of hydrogen-bond donors (Lipinski definition) is 1. The highest BCUT2D eigenvalue weighted by molar-refractivity contribution is 6.30. The van der Waals surface area contributed by atoms with Crippen LogP contribution in [0.3, 0.4) is 0 Å². The molecule has 1 N–H and O–H groups in total. The van der Waals surface area contributed by atoms with E-state index in [9.17, 15) is 0 Å². The Balaban J connectivity index is 2.00. The maximum atomic E-state index is 6.02. The number of hydrogen-bond acceptors (Lipinski definition) is 3. The number of pyridine rings is 1. The van der Waals surface area contributed by atoms with E-state index >= 15 is 0 Å². The van der Waals surface area contributed by atoms with Crippen molar-refractivity contribution in [3.8, 4) is 5.75 Å². The summed E-state index contributed by atoms with van der Waals surface area (Å²) in [6.45, 7) is 8.36. The highest BCUT2D eigenvalue weighted by Gasteiger charge is 2.06. The predicted molar refractivity (Wildman–Crippen MR) is 86.9 cm³/mol. The van der Waals surface area contributed by atoms with Gasteiger partial charge in [-0.25, -0.2) is 0 Å². The minimum absolute atomic E-state index is 0.463. The highest BCUT2D eigenvalue weighted by Crippen LogP contribution is 2.27. The van der Waals surface area contributed by atoms with Gasteiger partial charge in [-0.05, 0) is 55.3 Å². The van der Waals surface area contributed by atoms with E-state index in [-0.39, 0.29) is 0 Å². The van der Waals surface area contributed by atoms with Gasteiger partial charge in [-0.15, -0.1) is 0 Å². The zero-order chi connectivity index (χ0) is 15.2. The standard InChI is InChI=1S/C17H21ClN2O/c1-4-19-9-14-5-6-16(20-10-14)11-21-17-12(2)7-15(18)8-13(17)3/h5-8,10,19H,4,9,11H2,1-3H3. The van der Waals surface area contributed by atoms with Crippen LogP contribution in [0.25, 0.3) is 0 Å². The van der Waals surface area contributed by atoms with Crippen molar-refractivity contribution in [2.24, 2.45) is 0 Å². The van der Waals surface area contributed by atoms with Gasteiger partial charge in [0, 0.05) is 17.8 Å². The fourth-order valence-corrected chi connectivity index (χ4v) is 2.51. The second kappa shape index (κ2) is 7.43. The van der Waals surface area contributed by atoms with E-state index in [1.165, 1.54) is 5.56 Å². The van der Waals surface area contributed by atoms with Crippen LogP contribution in [0.1, 0.15) is 29.3 Å². The molecule has 112 valence electrons. The molecule has 1 aromatic heterocycles. The summed E-state index contributed by atoms with van der Waals surface area (Å²) in [6.07, 6.45) is 1.89. The molecule has 0 aliphatic carbocycles. The number of nitrogens with zero attached hydrogens (tertiary/aromatic N) is 1. The summed E-state index contributed by atoms with van der Waals surface area (Å²) in [7, 11) is 0. The van der Waals surface area contributed by atoms with E-state index in [2.05, 4.69) is 23.3 Å². The fraction of sp³-hybridized carbons (Fsp3) is 0.353. The predicted octanol–water partition coefficient (Wildman–Crippen LogP) is 4.04. The molecule has 1 aromatic carbocycles. The highest BCUT2D eigenvalue weighted by atomic mass is 35.5. The van der Waals surface area contributed by atoms with E-state index in [4.69, 9.17) is 16.3 Å². The number of ether oxygens (including phenoxy) is 1. The lowest BCUT2D eigenvalue weighted by molar-refractivity contribution is 0.297. The molecule has 2 aromatic rings. The molecule has 4 heteroatoms. The van der Waals surface area contributed by atoms with Crippen molar-refractivity contribution >= 4 is 11.6 Å². The topological polar surface area (TPSA) is 34.1 Å². The normalized spacial score (nSPS) is 10.7. The molecule has 1 heterocycles. The van der Waals surface area contributed by atoms with Gasteiger partial charge in [0.25, 0.3) is 0 Å². The van der Waals surface area contributed by atoms with Crippen molar-refractivity contribution in [2.45, 2.75) is 33.9 Å². The lowest BCUT2D eigenvalue weighted by Crippen LogP contribution is -2.12. The maximum Gasteiger partial charge on any atom is 0.130 e. The largest absolute Gasteiger partial charge is 0.487 e. The first-order valence-electron chi connectivity index (χ1n) is 7.14. The van der Waals surface area contributed by atoms with Crippen molar-refractivity contribution in [1.29, 1.82) is 0 Å². The van der Waals surface area contributed by atoms with Crippen LogP contribution < -0.4 is 10.1 Å².